The lowest BCUT2D eigenvalue weighted by Gasteiger charge is -2.34. The number of sulfonamides is 1. The molecule has 9 heteroatoms. The van der Waals surface area contributed by atoms with Crippen LogP contribution >= 0.6 is 0 Å². The van der Waals surface area contributed by atoms with E-state index < -0.39 is 16.1 Å². The summed E-state index contributed by atoms with van der Waals surface area (Å²) < 4.78 is 27.7. The lowest BCUT2D eigenvalue weighted by molar-refractivity contribution is 0.171. The number of nitrogens with two attached hydrogens (primary N) is 1. The molecule has 2 heterocycles. The Kier molecular flexibility index (Phi) is 5.07. The third kappa shape index (κ3) is 4.44. The first-order chi connectivity index (χ1) is 10.3. The summed E-state index contributed by atoms with van der Waals surface area (Å²) in [6, 6.07) is 0.887. The second-order valence-electron chi connectivity index (χ2n) is 5.87. The Hall–Kier alpha value is -1.61. The fourth-order valence-corrected chi connectivity index (χ4v) is 3.39. The van der Waals surface area contributed by atoms with E-state index in [0.717, 1.165) is 12.8 Å². The van der Waals surface area contributed by atoms with Crippen molar-refractivity contribution < 1.29 is 17.7 Å². The van der Waals surface area contributed by atoms with Crippen LogP contribution < -0.4 is 10.5 Å². The van der Waals surface area contributed by atoms with Crippen LogP contribution in [0.1, 0.15) is 44.8 Å². The van der Waals surface area contributed by atoms with Crippen LogP contribution in [0.25, 0.3) is 0 Å². The number of anilines is 1. The minimum absolute atomic E-state index is 0.170. The van der Waals surface area contributed by atoms with Crippen molar-refractivity contribution in [3.8, 4) is 0 Å². The molecule has 1 aromatic heterocycles. The van der Waals surface area contributed by atoms with Gasteiger partial charge in [-0.15, -0.1) is 0 Å². The van der Waals surface area contributed by atoms with Crippen LogP contribution in [0.15, 0.2) is 10.6 Å². The van der Waals surface area contributed by atoms with Crippen LogP contribution in [0, 0.1) is 0 Å². The minimum atomic E-state index is -3.63. The van der Waals surface area contributed by atoms with Gasteiger partial charge in [-0.3, -0.25) is 5.32 Å². The number of carbonyl (C=O) groups is 1. The average molecular weight is 330 g/mol. The van der Waals surface area contributed by atoms with E-state index in [1.807, 2.05) is 13.8 Å². The van der Waals surface area contributed by atoms with E-state index in [0.29, 0.717) is 24.5 Å². The van der Waals surface area contributed by atoms with Gasteiger partial charge in [0.2, 0.25) is 10.0 Å². The molecule has 0 radical (unpaired) electrons. The molecule has 8 nitrogen and oxygen atoms in total. The molecule has 124 valence electrons. The standard InChI is InChI=1S/C13H22N4O4S/c1-9(2)11-7-12(16-21-11)15-13(18)17-6-4-3-5-10(17)8-22(14,19)20/h7,9-10H,3-6,8H2,1-2H3,(H2,14,19,20)(H,15,16,18). The SMILES string of the molecule is CC(C)c1cc(NC(=O)N2CCCCC2CS(N)(=O)=O)no1. The Labute approximate surface area is 130 Å². The van der Waals surface area contributed by atoms with Crippen molar-refractivity contribution in [1.29, 1.82) is 0 Å². The van der Waals surface area contributed by atoms with Crippen LogP contribution in [-0.2, 0) is 10.0 Å². The molecule has 1 aliphatic rings. The van der Waals surface area contributed by atoms with Gasteiger partial charge >= 0.3 is 6.03 Å². The molecule has 0 saturated carbocycles. The highest BCUT2D eigenvalue weighted by Gasteiger charge is 2.30. The molecule has 2 amide bonds. The quantitative estimate of drug-likeness (QED) is 0.866. The number of hydrogen-bond donors (Lipinski definition) is 2. The molecule has 0 aliphatic carbocycles. The Morgan fingerprint density at radius 2 is 2.27 bits per heavy atom. The average Bonchev–Trinajstić information content (AvgIpc) is 2.86. The molecular weight excluding hydrogens is 308 g/mol. The first kappa shape index (κ1) is 16.8. The third-order valence-electron chi connectivity index (χ3n) is 3.65. The zero-order chi connectivity index (χ0) is 16.3. The van der Waals surface area contributed by atoms with Gasteiger partial charge in [-0.05, 0) is 19.3 Å². The van der Waals surface area contributed by atoms with E-state index in [1.54, 1.807) is 6.07 Å². The molecule has 1 saturated heterocycles. The summed E-state index contributed by atoms with van der Waals surface area (Å²) in [5.41, 5.74) is 0. The first-order valence-electron chi connectivity index (χ1n) is 7.31. The van der Waals surface area contributed by atoms with Gasteiger partial charge in [0.25, 0.3) is 0 Å². The number of likely N-dealkylation sites (tertiary alicyclic amines) is 1. The third-order valence-corrected chi connectivity index (χ3v) is 4.49. The summed E-state index contributed by atoms with van der Waals surface area (Å²) in [4.78, 5) is 13.9. The normalized spacial score (nSPS) is 19.5. The molecule has 1 aromatic rings. The van der Waals surface area contributed by atoms with E-state index >= 15 is 0 Å². The van der Waals surface area contributed by atoms with Crippen LogP contribution in [0.4, 0.5) is 10.6 Å². The number of hydrogen-bond acceptors (Lipinski definition) is 5. The highest BCUT2D eigenvalue weighted by atomic mass is 32.2. The highest BCUT2D eigenvalue weighted by molar-refractivity contribution is 7.89. The lowest BCUT2D eigenvalue weighted by Crippen LogP contribution is -2.49. The summed E-state index contributed by atoms with van der Waals surface area (Å²) >= 11 is 0. The monoisotopic (exact) mass is 330 g/mol. The van der Waals surface area contributed by atoms with Crippen molar-refractivity contribution in [3.63, 3.8) is 0 Å². The highest BCUT2D eigenvalue weighted by Crippen LogP contribution is 2.21. The maximum absolute atomic E-state index is 12.3. The van der Waals surface area contributed by atoms with Gasteiger partial charge in [0.15, 0.2) is 5.82 Å². The van der Waals surface area contributed by atoms with Crippen molar-refractivity contribution in [3.05, 3.63) is 11.8 Å². The second kappa shape index (κ2) is 6.66. The Bertz CT molecular complexity index is 626. The fourth-order valence-electron chi connectivity index (χ4n) is 2.51. The second-order valence-corrected chi connectivity index (χ2v) is 7.53. The molecule has 0 spiro atoms. The molecule has 0 bridgehead atoms. The van der Waals surface area contributed by atoms with Gasteiger partial charge < -0.3 is 9.42 Å². The molecule has 1 atom stereocenters. The lowest BCUT2D eigenvalue weighted by atomic mass is 10.0. The number of rotatable bonds is 4. The van der Waals surface area contributed by atoms with Gasteiger partial charge in [-0.2, -0.15) is 0 Å². The zero-order valence-electron chi connectivity index (χ0n) is 12.8. The number of piperidine rings is 1. The number of amides is 2. The largest absolute Gasteiger partial charge is 0.359 e. The Morgan fingerprint density at radius 3 is 2.86 bits per heavy atom. The molecule has 2 rings (SSSR count). The predicted octanol–water partition coefficient (Wildman–Crippen LogP) is 1.47. The van der Waals surface area contributed by atoms with Gasteiger partial charge in [0.1, 0.15) is 5.76 Å². The first-order valence-corrected chi connectivity index (χ1v) is 9.02. The summed E-state index contributed by atoms with van der Waals surface area (Å²) in [6.07, 6.45) is 2.34. The van der Waals surface area contributed by atoms with Gasteiger partial charge in [0.05, 0.1) is 5.75 Å². The van der Waals surface area contributed by atoms with Crippen molar-refractivity contribution >= 4 is 21.9 Å². The molecule has 1 fully saturated rings. The van der Waals surface area contributed by atoms with Crippen LogP contribution in [-0.4, -0.2) is 42.8 Å². The van der Waals surface area contributed by atoms with Gasteiger partial charge in [0, 0.05) is 24.6 Å². The smallest absolute Gasteiger partial charge is 0.323 e. The fraction of sp³-hybridized carbons (Fsp3) is 0.692. The number of urea groups is 1. The summed E-state index contributed by atoms with van der Waals surface area (Å²) in [5.74, 6) is 0.947. The van der Waals surface area contributed by atoms with Crippen molar-refractivity contribution in [2.24, 2.45) is 5.14 Å². The maximum atomic E-state index is 12.3. The molecular formula is C13H22N4O4S. The van der Waals surface area contributed by atoms with Crippen molar-refractivity contribution in [2.75, 3.05) is 17.6 Å². The van der Waals surface area contributed by atoms with E-state index in [2.05, 4.69) is 10.5 Å². The summed E-state index contributed by atoms with van der Waals surface area (Å²) in [5, 5.41) is 11.5. The molecule has 22 heavy (non-hydrogen) atoms. The van der Waals surface area contributed by atoms with E-state index in [4.69, 9.17) is 9.66 Å². The van der Waals surface area contributed by atoms with Crippen molar-refractivity contribution in [2.45, 2.75) is 45.1 Å². The van der Waals surface area contributed by atoms with E-state index in [9.17, 15) is 13.2 Å². The van der Waals surface area contributed by atoms with Crippen LogP contribution in [0.5, 0.6) is 0 Å². The molecule has 1 aliphatic heterocycles. The topological polar surface area (TPSA) is 119 Å². The Morgan fingerprint density at radius 1 is 1.55 bits per heavy atom. The number of primary sulfonamides is 1. The molecule has 3 N–H and O–H groups in total. The predicted molar refractivity (Wildman–Crippen MR) is 81.9 cm³/mol. The van der Waals surface area contributed by atoms with Gasteiger partial charge in [-0.1, -0.05) is 19.0 Å². The summed E-state index contributed by atoms with van der Waals surface area (Å²) in [6.45, 7) is 4.42. The minimum Gasteiger partial charge on any atom is -0.359 e. The zero-order valence-corrected chi connectivity index (χ0v) is 13.6. The number of aromatic nitrogens is 1. The Balaban J connectivity index is 2.05. The molecule has 0 aromatic carbocycles. The maximum Gasteiger partial charge on any atom is 0.323 e. The summed E-state index contributed by atoms with van der Waals surface area (Å²) in [7, 11) is -3.63. The van der Waals surface area contributed by atoms with E-state index in [-0.39, 0.29) is 17.7 Å². The number of nitrogens with one attached hydrogen (secondary N) is 1. The van der Waals surface area contributed by atoms with E-state index in [1.165, 1.54) is 4.90 Å². The van der Waals surface area contributed by atoms with Crippen LogP contribution in [0.2, 0.25) is 0 Å². The number of carbonyl (C=O) groups excluding carboxylic acids is 1. The number of nitrogens with zero attached hydrogens (tertiary/aromatic N) is 2. The van der Waals surface area contributed by atoms with Crippen molar-refractivity contribution in [1.82, 2.24) is 10.1 Å². The van der Waals surface area contributed by atoms with Gasteiger partial charge in [-0.25, -0.2) is 18.4 Å². The molecule has 1 unspecified atom stereocenters. The van der Waals surface area contributed by atoms with Crippen LogP contribution in [0.3, 0.4) is 0 Å².